The van der Waals surface area contributed by atoms with Crippen molar-refractivity contribution < 1.29 is 30.7 Å². The minimum atomic E-state index is -6.40. The van der Waals surface area contributed by atoms with Gasteiger partial charge in [-0.05, 0) is 45.4 Å². The van der Waals surface area contributed by atoms with Gasteiger partial charge in [0.25, 0.3) is 0 Å². The van der Waals surface area contributed by atoms with Gasteiger partial charge in [0.05, 0.1) is 0 Å². The van der Waals surface area contributed by atoms with Gasteiger partial charge in [-0.2, -0.15) is 30.7 Å². The molecule has 0 atom stereocenters. The predicted molar refractivity (Wildman–Crippen MR) is 95.6 cm³/mol. The summed E-state index contributed by atoms with van der Waals surface area (Å²) >= 11 is 8.40. The van der Waals surface area contributed by atoms with Gasteiger partial charge < -0.3 is 0 Å². The van der Waals surface area contributed by atoms with Gasteiger partial charge in [-0.15, -0.1) is 0 Å². The first-order chi connectivity index (χ1) is 11.8. The number of benzene rings is 2. The highest BCUT2D eigenvalue weighted by Gasteiger charge is 2.73. The van der Waals surface area contributed by atoms with Crippen LogP contribution in [-0.4, -0.2) is 17.4 Å². The molecule has 0 aromatic heterocycles. The fourth-order valence-corrected chi connectivity index (χ4v) is 4.97. The molecule has 11 heteroatoms. The summed E-state index contributed by atoms with van der Waals surface area (Å²) in [5, 5.41) is -5.43. The zero-order valence-electron chi connectivity index (χ0n) is 12.1. The lowest BCUT2D eigenvalue weighted by Gasteiger charge is -2.28. The van der Waals surface area contributed by atoms with Crippen LogP contribution in [0.5, 0.6) is 0 Å². The highest BCUT2D eigenvalue weighted by molar-refractivity contribution is 9.11. The van der Waals surface area contributed by atoms with E-state index in [1.807, 2.05) is 0 Å². The molecule has 0 aliphatic rings. The van der Waals surface area contributed by atoms with E-state index in [0.717, 1.165) is 6.07 Å². The number of hydrogen-bond acceptors (Lipinski definition) is 1. The molecular weight excluding hydrogens is 585 g/mol. The van der Waals surface area contributed by atoms with Crippen LogP contribution in [-0.2, 0) is 0 Å². The van der Waals surface area contributed by atoms with Crippen LogP contribution in [0.15, 0.2) is 48.6 Å². The van der Waals surface area contributed by atoms with Gasteiger partial charge in [-0.25, -0.2) is 0 Å². The van der Waals surface area contributed by atoms with E-state index in [4.69, 9.17) is 0 Å². The number of halogens is 10. The molecule has 0 unspecified atom stereocenters. The molecule has 0 heterocycles. The van der Waals surface area contributed by atoms with Crippen molar-refractivity contribution in [3.63, 3.8) is 0 Å². The van der Waals surface area contributed by atoms with Gasteiger partial charge in [0.15, 0.2) is 0 Å². The average molecular weight is 590 g/mol. The minimum absolute atomic E-state index is 0.00308. The highest BCUT2D eigenvalue weighted by Crippen LogP contribution is 2.56. The Balaban J connectivity index is 2.63. The smallest absolute Gasteiger partial charge is 0.188 e. The molecule has 26 heavy (non-hydrogen) atoms. The molecule has 0 aliphatic carbocycles. The van der Waals surface area contributed by atoms with Crippen molar-refractivity contribution in [2.75, 3.05) is 0 Å². The van der Waals surface area contributed by atoms with Crippen LogP contribution in [0, 0.1) is 6.07 Å². The van der Waals surface area contributed by atoms with Crippen molar-refractivity contribution >= 4 is 59.6 Å². The Bertz CT molecular complexity index is 821. The fraction of sp³-hybridized carbons (Fsp3) is 0.200. The van der Waals surface area contributed by atoms with Crippen LogP contribution in [0.3, 0.4) is 0 Å². The van der Waals surface area contributed by atoms with Crippen LogP contribution in [0.1, 0.15) is 0 Å². The molecule has 0 aliphatic heterocycles. The Hall–Kier alpha value is -0.260. The van der Waals surface area contributed by atoms with Gasteiger partial charge >= 0.3 is 17.4 Å². The van der Waals surface area contributed by atoms with E-state index in [-0.39, 0.29) is 14.5 Å². The molecule has 0 spiro atoms. The number of hydrogen-bond donors (Lipinski definition) is 0. The zero-order valence-corrected chi connectivity index (χ0v) is 17.6. The Labute approximate surface area is 172 Å². The van der Waals surface area contributed by atoms with Crippen molar-refractivity contribution in [1.82, 2.24) is 0 Å². The van der Waals surface area contributed by atoms with E-state index < -0.39 is 34.0 Å². The molecule has 0 N–H and O–H groups in total. The fourth-order valence-electron chi connectivity index (χ4n) is 1.86. The number of rotatable bonds is 4. The van der Waals surface area contributed by atoms with Crippen molar-refractivity contribution in [1.29, 1.82) is 0 Å². The molecule has 0 nitrogen and oxygen atoms in total. The topological polar surface area (TPSA) is 0 Å². The second kappa shape index (κ2) is 7.63. The lowest BCUT2D eigenvalue weighted by atomic mass is 10.1. The molecular formula is C15H5Br3F7S. The summed E-state index contributed by atoms with van der Waals surface area (Å²) in [7, 11) is 0. The Morgan fingerprint density at radius 1 is 0.885 bits per heavy atom. The van der Waals surface area contributed by atoms with Gasteiger partial charge in [-0.3, -0.25) is 0 Å². The van der Waals surface area contributed by atoms with E-state index in [9.17, 15) is 30.7 Å². The zero-order chi connectivity index (χ0) is 19.9. The summed E-state index contributed by atoms with van der Waals surface area (Å²) < 4.78 is 92.2. The normalized spacial score (nSPS) is 13.2. The van der Waals surface area contributed by atoms with Crippen molar-refractivity contribution in [3.8, 4) is 11.1 Å². The third-order valence-corrected chi connectivity index (χ3v) is 5.82. The molecule has 2 rings (SSSR count). The van der Waals surface area contributed by atoms with E-state index in [0.29, 0.717) is 10.0 Å². The molecule has 0 fully saturated rings. The van der Waals surface area contributed by atoms with E-state index in [1.165, 1.54) is 6.07 Å². The van der Waals surface area contributed by atoms with Gasteiger partial charge in [-0.1, -0.05) is 50.1 Å². The second-order valence-electron chi connectivity index (χ2n) is 4.84. The maximum absolute atomic E-state index is 13.9. The number of alkyl halides is 7. The lowest BCUT2D eigenvalue weighted by Crippen LogP contribution is -2.49. The summed E-state index contributed by atoms with van der Waals surface area (Å²) in [6.07, 6.45) is -6.40. The largest absolute Gasteiger partial charge is 0.460 e. The first kappa shape index (κ1) is 22.0. The van der Waals surface area contributed by atoms with E-state index in [1.54, 1.807) is 18.2 Å². The highest BCUT2D eigenvalue weighted by atomic mass is 79.9. The van der Waals surface area contributed by atoms with Crippen LogP contribution < -0.4 is 0 Å². The average Bonchev–Trinajstić information content (AvgIpc) is 2.46. The van der Waals surface area contributed by atoms with Crippen molar-refractivity contribution in [2.24, 2.45) is 0 Å². The molecule has 2 aromatic rings. The molecule has 0 bridgehead atoms. The van der Waals surface area contributed by atoms with Crippen LogP contribution in [0.25, 0.3) is 11.1 Å². The third-order valence-electron chi connectivity index (χ3n) is 3.06. The predicted octanol–water partition coefficient (Wildman–Crippen LogP) is 8.32. The quantitative estimate of drug-likeness (QED) is 0.255. The summed E-state index contributed by atoms with van der Waals surface area (Å²) in [6, 6.07) is 9.96. The van der Waals surface area contributed by atoms with Gasteiger partial charge in [0.2, 0.25) is 0 Å². The monoisotopic (exact) mass is 587 g/mol. The summed E-state index contributed by atoms with van der Waals surface area (Å²) in [6.45, 7) is 0. The Kier molecular flexibility index (Phi) is 6.47. The van der Waals surface area contributed by atoms with Gasteiger partial charge in [0.1, 0.15) is 0 Å². The standard InChI is InChI=1S/C15H5Br3F7S/c16-7-5-10(18)12(8-3-1-2-4-9(8)17)11(6-7)26-15(24,25)13(19,20)14(21,22)23/h1-4,6H. The van der Waals surface area contributed by atoms with Crippen LogP contribution in [0.4, 0.5) is 30.7 Å². The molecule has 2 aromatic carbocycles. The second-order valence-corrected chi connectivity index (χ2v) is 8.50. The molecule has 0 saturated heterocycles. The maximum Gasteiger partial charge on any atom is 0.460 e. The van der Waals surface area contributed by atoms with Crippen LogP contribution in [0.2, 0.25) is 0 Å². The number of thioether (sulfide) groups is 1. The van der Waals surface area contributed by atoms with Crippen molar-refractivity contribution in [2.45, 2.75) is 22.2 Å². The molecule has 141 valence electrons. The Morgan fingerprint density at radius 3 is 2.00 bits per heavy atom. The Morgan fingerprint density at radius 2 is 1.46 bits per heavy atom. The maximum atomic E-state index is 13.9. The summed E-state index contributed by atoms with van der Waals surface area (Å²) in [5.41, 5.74) is 0.320. The summed E-state index contributed by atoms with van der Waals surface area (Å²) in [4.78, 5) is -0.483. The summed E-state index contributed by atoms with van der Waals surface area (Å²) in [5.74, 6) is -6.21. The van der Waals surface area contributed by atoms with Crippen molar-refractivity contribution in [3.05, 3.63) is 49.8 Å². The van der Waals surface area contributed by atoms with Gasteiger partial charge in [0, 0.05) is 29.9 Å². The first-order valence-corrected chi connectivity index (χ1v) is 9.65. The SMILES string of the molecule is FC(F)(F)C(F)(F)C(F)(F)Sc1cc(Br)[c]c(Br)c1-c1ccccc1Br. The van der Waals surface area contributed by atoms with Crippen LogP contribution >= 0.6 is 59.6 Å². The van der Waals surface area contributed by atoms with E-state index in [2.05, 4.69) is 53.9 Å². The van der Waals surface area contributed by atoms with E-state index >= 15 is 0 Å². The molecule has 0 amide bonds. The minimum Gasteiger partial charge on any atom is -0.188 e. The lowest BCUT2D eigenvalue weighted by molar-refractivity contribution is -0.330. The first-order valence-electron chi connectivity index (χ1n) is 6.45. The third kappa shape index (κ3) is 4.25. The molecule has 1 radical (unpaired) electrons. The molecule has 0 saturated carbocycles.